The highest BCUT2D eigenvalue weighted by Gasteiger charge is 2.34. The first-order valence-electron chi connectivity index (χ1n) is 8.99. The van der Waals surface area contributed by atoms with Crippen molar-refractivity contribution >= 4 is 6.09 Å². The van der Waals surface area contributed by atoms with E-state index in [9.17, 15) is 4.79 Å². The van der Waals surface area contributed by atoms with Gasteiger partial charge >= 0.3 is 6.09 Å². The molecule has 1 saturated heterocycles. The molecular formula is C20H32N2O2. The van der Waals surface area contributed by atoms with Crippen LogP contribution in [0, 0.1) is 5.92 Å². The van der Waals surface area contributed by atoms with Crippen LogP contribution in [0.4, 0.5) is 4.79 Å². The van der Waals surface area contributed by atoms with Gasteiger partial charge in [0.25, 0.3) is 0 Å². The monoisotopic (exact) mass is 332 g/mol. The summed E-state index contributed by atoms with van der Waals surface area (Å²) in [6.07, 6.45) is 0.767. The number of nitrogens with two attached hydrogens (primary N) is 1. The second-order valence-corrected chi connectivity index (χ2v) is 8.14. The largest absolute Gasteiger partial charge is 0.444 e. The average molecular weight is 332 g/mol. The lowest BCUT2D eigenvalue weighted by Crippen LogP contribution is -2.36. The highest BCUT2D eigenvalue weighted by atomic mass is 16.6. The number of hydrogen-bond donors (Lipinski definition) is 1. The summed E-state index contributed by atoms with van der Waals surface area (Å²) in [6.45, 7) is 12.2. The molecule has 2 atom stereocenters. The molecule has 0 aromatic heterocycles. The maximum absolute atomic E-state index is 12.2. The molecule has 0 spiro atoms. The van der Waals surface area contributed by atoms with Gasteiger partial charge in [0.2, 0.25) is 0 Å². The lowest BCUT2D eigenvalue weighted by molar-refractivity contribution is 0.0286. The van der Waals surface area contributed by atoms with Crippen LogP contribution in [-0.4, -0.2) is 36.2 Å². The molecule has 1 aliphatic rings. The molecule has 4 nitrogen and oxygen atoms in total. The van der Waals surface area contributed by atoms with Gasteiger partial charge in [-0.2, -0.15) is 0 Å². The average Bonchev–Trinajstić information content (AvgIpc) is 2.96. The van der Waals surface area contributed by atoms with E-state index in [1.54, 1.807) is 0 Å². The third-order valence-corrected chi connectivity index (χ3v) is 4.73. The minimum absolute atomic E-state index is 0.212. The van der Waals surface area contributed by atoms with Gasteiger partial charge in [0, 0.05) is 19.0 Å². The van der Waals surface area contributed by atoms with E-state index in [4.69, 9.17) is 10.5 Å². The van der Waals surface area contributed by atoms with Crippen LogP contribution in [0.25, 0.3) is 0 Å². The quantitative estimate of drug-likeness (QED) is 0.903. The topological polar surface area (TPSA) is 55.6 Å². The van der Waals surface area contributed by atoms with Gasteiger partial charge in [-0.25, -0.2) is 4.79 Å². The molecule has 2 N–H and O–H groups in total. The van der Waals surface area contributed by atoms with Gasteiger partial charge in [0.1, 0.15) is 5.60 Å². The first-order chi connectivity index (χ1) is 11.2. The Balaban J connectivity index is 2.03. The summed E-state index contributed by atoms with van der Waals surface area (Å²) in [4.78, 5) is 14.1. The lowest BCUT2D eigenvalue weighted by Gasteiger charge is -2.26. The number of likely N-dealkylation sites (tertiary alicyclic amines) is 1. The summed E-state index contributed by atoms with van der Waals surface area (Å²) in [7, 11) is 0. The van der Waals surface area contributed by atoms with Crippen LogP contribution >= 0.6 is 0 Å². The second kappa shape index (κ2) is 7.56. The number of nitrogens with zero attached hydrogens (tertiary/aromatic N) is 1. The van der Waals surface area contributed by atoms with Crippen molar-refractivity contribution in [3.8, 4) is 0 Å². The first-order valence-corrected chi connectivity index (χ1v) is 8.99. The van der Waals surface area contributed by atoms with Gasteiger partial charge in [-0.3, -0.25) is 0 Å². The van der Waals surface area contributed by atoms with Crippen molar-refractivity contribution in [1.29, 1.82) is 0 Å². The lowest BCUT2D eigenvalue weighted by atomic mass is 9.84. The van der Waals surface area contributed by atoms with Crippen molar-refractivity contribution in [2.75, 3.05) is 19.6 Å². The molecule has 1 heterocycles. The highest BCUT2D eigenvalue weighted by Crippen LogP contribution is 2.32. The summed E-state index contributed by atoms with van der Waals surface area (Å²) in [5.41, 5.74) is 8.24. The Labute approximate surface area is 146 Å². The second-order valence-electron chi connectivity index (χ2n) is 8.14. The van der Waals surface area contributed by atoms with Crippen molar-refractivity contribution in [3.05, 3.63) is 35.4 Å². The molecule has 134 valence electrons. The molecule has 1 aromatic carbocycles. The molecule has 0 saturated carbocycles. The maximum Gasteiger partial charge on any atom is 0.410 e. The predicted molar refractivity (Wildman–Crippen MR) is 98.2 cm³/mol. The fourth-order valence-electron chi connectivity index (χ4n) is 3.34. The molecule has 2 rings (SSSR count). The van der Waals surface area contributed by atoms with Crippen molar-refractivity contribution in [3.63, 3.8) is 0 Å². The Hall–Kier alpha value is -1.55. The number of rotatable bonds is 4. The minimum Gasteiger partial charge on any atom is -0.444 e. The molecule has 0 radical (unpaired) electrons. The number of benzene rings is 1. The zero-order valence-electron chi connectivity index (χ0n) is 15.7. The molecule has 0 aliphatic carbocycles. The number of carbonyl (C=O) groups excluding carboxylic acids is 1. The molecule has 1 aromatic rings. The molecule has 1 fully saturated rings. The van der Waals surface area contributed by atoms with Crippen LogP contribution in [0.5, 0.6) is 0 Å². The number of ether oxygens (including phenoxy) is 1. The molecule has 1 aliphatic heterocycles. The number of hydrogen-bond acceptors (Lipinski definition) is 3. The molecule has 24 heavy (non-hydrogen) atoms. The zero-order valence-corrected chi connectivity index (χ0v) is 15.7. The maximum atomic E-state index is 12.2. The van der Waals surface area contributed by atoms with Gasteiger partial charge in [-0.1, -0.05) is 38.1 Å². The third-order valence-electron chi connectivity index (χ3n) is 4.73. The Morgan fingerprint density at radius 2 is 1.83 bits per heavy atom. The van der Waals surface area contributed by atoms with Crippen LogP contribution < -0.4 is 5.73 Å². The molecule has 0 bridgehead atoms. The number of amides is 1. The van der Waals surface area contributed by atoms with Gasteiger partial charge in [-0.05, 0) is 56.7 Å². The van der Waals surface area contributed by atoms with Crippen molar-refractivity contribution in [2.24, 2.45) is 11.7 Å². The van der Waals surface area contributed by atoms with Crippen LogP contribution in [0.1, 0.15) is 64.0 Å². The predicted octanol–water partition coefficient (Wildman–Crippen LogP) is 4.11. The standard InChI is InChI=1S/C20H32N2O2/c1-14(2)15-6-8-16(9-7-15)18(12-21)17-10-11-22(13-17)19(23)24-20(3,4)5/h6-9,14,17-18H,10-13,21H2,1-5H3. The summed E-state index contributed by atoms with van der Waals surface area (Å²) in [5, 5.41) is 0. The van der Waals surface area contributed by atoms with Crippen LogP contribution in [0.3, 0.4) is 0 Å². The van der Waals surface area contributed by atoms with Gasteiger partial charge in [0.05, 0.1) is 0 Å². The Bertz CT molecular complexity index is 546. The van der Waals surface area contributed by atoms with Crippen LogP contribution in [-0.2, 0) is 4.74 Å². The summed E-state index contributed by atoms with van der Waals surface area (Å²) in [6, 6.07) is 8.79. The molecule has 2 unspecified atom stereocenters. The fraction of sp³-hybridized carbons (Fsp3) is 0.650. The zero-order chi connectivity index (χ0) is 17.9. The Morgan fingerprint density at radius 1 is 1.25 bits per heavy atom. The third kappa shape index (κ3) is 4.73. The smallest absolute Gasteiger partial charge is 0.410 e. The van der Waals surface area contributed by atoms with E-state index in [-0.39, 0.29) is 6.09 Å². The highest BCUT2D eigenvalue weighted by molar-refractivity contribution is 5.68. The van der Waals surface area contributed by atoms with Gasteiger partial charge < -0.3 is 15.4 Å². The van der Waals surface area contributed by atoms with E-state index in [1.807, 2.05) is 25.7 Å². The van der Waals surface area contributed by atoms with Crippen LogP contribution in [0.2, 0.25) is 0 Å². The summed E-state index contributed by atoms with van der Waals surface area (Å²) < 4.78 is 5.49. The van der Waals surface area contributed by atoms with E-state index in [1.165, 1.54) is 11.1 Å². The number of carbonyl (C=O) groups is 1. The van der Waals surface area contributed by atoms with Crippen molar-refractivity contribution in [1.82, 2.24) is 4.90 Å². The van der Waals surface area contributed by atoms with Crippen LogP contribution in [0.15, 0.2) is 24.3 Å². The van der Waals surface area contributed by atoms with E-state index in [2.05, 4.69) is 38.1 Å². The first kappa shape index (κ1) is 18.8. The molecule has 1 amide bonds. The normalized spacial score (nSPS) is 19.6. The van der Waals surface area contributed by atoms with E-state index in [0.717, 1.165) is 19.5 Å². The van der Waals surface area contributed by atoms with Gasteiger partial charge in [-0.15, -0.1) is 0 Å². The molecular weight excluding hydrogens is 300 g/mol. The Morgan fingerprint density at radius 3 is 2.33 bits per heavy atom. The van der Waals surface area contributed by atoms with Crippen molar-refractivity contribution in [2.45, 2.75) is 58.5 Å². The van der Waals surface area contributed by atoms with E-state index in [0.29, 0.717) is 24.3 Å². The van der Waals surface area contributed by atoms with E-state index >= 15 is 0 Å². The molecule has 4 heteroatoms. The van der Waals surface area contributed by atoms with Gasteiger partial charge in [0.15, 0.2) is 0 Å². The summed E-state index contributed by atoms with van der Waals surface area (Å²) >= 11 is 0. The Kier molecular flexibility index (Phi) is 5.92. The SMILES string of the molecule is CC(C)c1ccc(C(CN)C2CCN(C(=O)OC(C)(C)C)C2)cc1. The van der Waals surface area contributed by atoms with Crippen molar-refractivity contribution < 1.29 is 9.53 Å². The summed E-state index contributed by atoms with van der Waals surface area (Å²) in [5.74, 6) is 1.22. The minimum atomic E-state index is -0.449. The van der Waals surface area contributed by atoms with E-state index < -0.39 is 5.60 Å². The fourth-order valence-corrected chi connectivity index (χ4v) is 3.34.